The van der Waals surface area contributed by atoms with E-state index in [1.807, 2.05) is 18.2 Å². The maximum absolute atomic E-state index is 14.0. The molecule has 3 rings (SSSR count). The fraction of sp³-hybridized carbons (Fsp3) is 0.208. The SMILES string of the molecule is O=C(N[C@@H](Cc1ccc(OCCCNc2ccccn2)cc1)C(=O)O)c1c(F)ccc(F)c1Cl. The average molecular weight is 490 g/mol. The Morgan fingerprint density at radius 3 is 2.47 bits per heavy atom. The van der Waals surface area contributed by atoms with E-state index in [0.29, 0.717) is 24.5 Å². The van der Waals surface area contributed by atoms with Crippen LogP contribution >= 0.6 is 11.6 Å². The zero-order valence-corrected chi connectivity index (χ0v) is 18.7. The molecule has 0 radical (unpaired) electrons. The minimum absolute atomic E-state index is 0.0795. The second kappa shape index (κ2) is 11.9. The number of nitrogens with one attached hydrogen (secondary N) is 2. The van der Waals surface area contributed by atoms with Gasteiger partial charge in [0, 0.05) is 19.2 Å². The molecule has 178 valence electrons. The van der Waals surface area contributed by atoms with Crippen molar-refractivity contribution in [1.82, 2.24) is 10.3 Å². The van der Waals surface area contributed by atoms with Crippen LogP contribution in [0.5, 0.6) is 5.75 Å². The number of hydrogen-bond acceptors (Lipinski definition) is 5. The summed E-state index contributed by atoms with van der Waals surface area (Å²) in [5, 5.41) is 14.1. The first kappa shape index (κ1) is 24.9. The van der Waals surface area contributed by atoms with E-state index >= 15 is 0 Å². The van der Waals surface area contributed by atoms with Gasteiger partial charge >= 0.3 is 5.97 Å². The van der Waals surface area contributed by atoms with Gasteiger partial charge in [-0.25, -0.2) is 18.6 Å². The first-order chi connectivity index (χ1) is 16.3. The average Bonchev–Trinajstić information content (AvgIpc) is 2.82. The van der Waals surface area contributed by atoms with Crippen molar-refractivity contribution in [3.8, 4) is 5.75 Å². The molecule has 7 nitrogen and oxygen atoms in total. The lowest BCUT2D eigenvalue weighted by Crippen LogP contribution is -2.42. The summed E-state index contributed by atoms with van der Waals surface area (Å²) in [4.78, 5) is 28.2. The molecule has 34 heavy (non-hydrogen) atoms. The van der Waals surface area contributed by atoms with Crippen LogP contribution < -0.4 is 15.4 Å². The van der Waals surface area contributed by atoms with E-state index in [-0.39, 0.29) is 6.42 Å². The lowest BCUT2D eigenvalue weighted by atomic mass is 10.0. The van der Waals surface area contributed by atoms with Crippen molar-refractivity contribution in [3.63, 3.8) is 0 Å². The molecule has 0 aliphatic rings. The van der Waals surface area contributed by atoms with Gasteiger partial charge in [0.1, 0.15) is 29.2 Å². The topological polar surface area (TPSA) is 101 Å². The van der Waals surface area contributed by atoms with E-state index < -0.39 is 40.1 Å². The third-order valence-corrected chi connectivity index (χ3v) is 5.17. The number of carboxylic acids is 1. The second-order valence-corrected chi connectivity index (χ2v) is 7.65. The van der Waals surface area contributed by atoms with Gasteiger partial charge in [-0.05, 0) is 48.4 Å². The van der Waals surface area contributed by atoms with Gasteiger partial charge in [0.25, 0.3) is 5.91 Å². The maximum Gasteiger partial charge on any atom is 0.326 e. The van der Waals surface area contributed by atoms with E-state index in [1.54, 1.807) is 30.5 Å². The zero-order valence-electron chi connectivity index (χ0n) is 17.9. The summed E-state index contributed by atoms with van der Waals surface area (Å²) < 4.78 is 33.2. The molecule has 10 heteroatoms. The highest BCUT2D eigenvalue weighted by molar-refractivity contribution is 6.34. The van der Waals surface area contributed by atoms with Crippen molar-refractivity contribution in [2.75, 3.05) is 18.5 Å². The van der Waals surface area contributed by atoms with Gasteiger partial charge in [-0.3, -0.25) is 4.79 Å². The number of carbonyl (C=O) groups is 2. The van der Waals surface area contributed by atoms with Crippen molar-refractivity contribution in [2.24, 2.45) is 0 Å². The van der Waals surface area contributed by atoms with Gasteiger partial charge < -0.3 is 20.5 Å². The number of ether oxygens (including phenoxy) is 1. The van der Waals surface area contributed by atoms with Gasteiger partial charge in [0.2, 0.25) is 0 Å². The Morgan fingerprint density at radius 2 is 1.79 bits per heavy atom. The first-order valence-electron chi connectivity index (χ1n) is 10.4. The van der Waals surface area contributed by atoms with Gasteiger partial charge in [-0.15, -0.1) is 0 Å². The van der Waals surface area contributed by atoms with E-state index in [4.69, 9.17) is 16.3 Å². The normalized spacial score (nSPS) is 11.5. The number of carboxylic acid groups (broad SMARTS) is 1. The van der Waals surface area contributed by atoms with Gasteiger partial charge in [0.05, 0.1) is 17.2 Å². The summed E-state index contributed by atoms with van der Waals surface area (Å²) in [6, 6.07) is 12.5. The highest BCUT2D eigenvalue weighted by atomic mass is 35.5. The Hall–Kier alpha value is -3.72. The van der Waals surface area contributed by atoms with Crippen LogP contribution in [0.1, 0.15) is 22.3 Å². The molecule has 0 fully saturated rings. The predicted molar refractivity (Wildman–Crippen MR) is 123 cm³/mol. The number of benzene rings is 2. The maximum atomic E-state index is 14.0. The lowest BCUT2D eigenvalue weighted by molar-refractivity contribution is -0.139. The van der Waals surface area contributed by atoms with Crippen molar-refractivity contribution in [3.05, 3.63) is 88.6 Å². The highest BCUT2D eigenvalue weighted by Gasteiger charge is 2.25. The third kappa shape index (κ3) is 6.89. The van der Waals surface area contributed by atoms with Crippen LogP contribution in [0.15, 0.2) is 60.8 Å². The summed E-state index contributed by atoms with van der Waals surface area (Å²) in [5.74, 6) is -3.09. The van der Waals surface area contributed by atoms with E-state index in [0.717, 1.165) is 24.4 Å². The fourth-order valence-electron chi connectivity index (χ4n) is 3.07. The Balaban J connectivity index is 1.51. The molecule has 3 N–H and O–H groups in total. The smallest absolute Gasteiger partial charge is 0.326 e. The first-order valence-corrected chi connectivity index (χ1v) is 10.8. The number of nitrogens with zero attached hydrogens (tertiary/aromatic N) is 1. The molecule has 3 aromatic rings. The quantitative estimate of drug-likeness (QED) is 0.274. The summed E-state index contributed by atoms with van der Waals surface area (Å²) in [6.45, 7) is 1.15. The number of hydrogen-bond donors (Lipinski definition) is 3. The van der Waals surface area contributed by atoms with E-state index in [2.05, 4.69) is 15.6 Å². The molecule has 0 aliphatic carbocycles. The van der Waals surface area contributed by atoms with Crippen molar-refractivity contribution < 1.29 is 28.2 Å². The van der Waals surface area contributed by atoms with Crippen LogP contribution in [0, 0.1) is 11.6 Å². The summed E-state index contributed by atoms with van der Waals surface area (Å²) in [6.07, 6.45) is 2.37. The standard InChI is InChI=1S/C24H22ClF2N3O4/c25-22-18(27)10-9-17(26)21(22)23(31)30-19(24(32)33)14-15-5-7-16(8-6-15)34-13-3-12-29-20-4-1-2-11-28-20/h1-2,4-11,19H,3,12-14H2,(H,28,29)(H,30,31)(H,32,33)/t19-/m0/s1. The minimum Gasteiger partial charge on any atom is -0.494 e. The van der Waals surface area contributed by atoms with Gasteiger partial charge in [0.15, 0.2) is 0 Å². The van der Waals surface area contributed by atoms with E-state index in [1.165, 1.54) is 0 Å². The molecular weight excluding hydrogens is 468 g/mol. The summed E-state index contributed by atoms with van der Waals surface area (Å²) in [7, 11) is 0. The zero-order chi connectivity index (χ0) is 24.5. The van der Waals surface area contributed by atoms with Gasteiger partial charge in [-0.2, -0.15) is 0 Å². The second-order valence-electron chi connectivity index (χ2n) is 7.27. The van der Waals surface area contributed by atoms with Crippen molar-refractivity contribution in [2.45, 2.75) is 18.9 Å². The van der Waals surface area contributed by atoms with Crippen LogP contribution in [0.3, 0.4) is 0 Å². The minimum atomic E-state index is -1.38. The molecule has 1 amide bonds. The number of carbonyl (C=O) groups excluding carboxylic acids is 1. The number of amides is 1. The number of halogens is 3. The number of anilines is 1. The molecule has 0 unspecified atom stereocenters. The highest BCUT2D eigenvalue weighted by Crippen LogP contribution is 2.23. The predicted octanol–water partition coefficient (Wildman–Crippen LogP) is 4.32. The molecule has 1 heterocycles. The van der Waals surface area contributed by atoms with Crippen LogP contribution in [0.4, 0.5) is 14.6 Å². The summed E-state index contributed by atoms with van der Waals surface area (Å²) in [5.41, 5.74) is -0.142. The number of aliphatic carboxylic acids is 1. The molecular formula is C24H22ClF2N3O4. The molecule has 1 atom stereocenters. The Bertz CT molecular complexity index is 1130. The summed E-state index contributed by atoms with van der Waals surface area (Å²) >= 11 is 5.68. The van der Waals surface area contributed by atoms with Crippen LogP contribution in [0.25, 0.3) is 0 Å². The lowest BCUT2D eigenvalue weighted by Gasteiger charge is -2.16. The van der Waals surface area contributed by atoms with Crippen molar-refractivity contribution in [1.29, 1.82) is 0 Å². The van der Waals surface area contributed by atoms with Crippen LogP contribution in [-0.4, -0.2) is 41.2 Å². The van der Waals surface area contributed by atoms with Crippen LogP contribution in [0.2, 0.25) is 5.02 Å². The molecule has 0 spiro atoms. The third-order valence-electron chi connectivity index (χ3n) is 4.80. The Morgan fingerprint density at radius 1 is 1.06 bits per heavy atom. The van der Waals surface area contributed by atoms with Gasteiger partial charge in [-0.1, -0.05) is 29.8 Å². The van der Waals surface area contributed by atoms with E-state index in [9.17, 15) is 23.5 Å². The number of pyridine rings is 1. The van der Waals surface area contributed by atoms with Crippen molar-refractivity contribution >= 4 is 29.3 Å². The molecule has 2 aromatic carbocycles. The molecule has 0 saturated carbocycles. The molecule has 0 bridgehead atoms. The fourth-order valence-corrected chi connectivity index (χ4v) is 3.31. The largest absolute Gasteiger partial charge is 0.494 e. The number of aromatic nitrogens is 1. The molecule has 1 aromatic heterocycles. The molecule has 0 aliphatic heterocycles. The number of rotatable bonds is 11. The molecule has 0 saturated heterocycles. The monoisotopic (exact) mass is 489 g/mol. The Kier molecular flexibility index (Phi) is 8.75. The van der Waals surface area contributed by atoms with Crippen LogP contribution in [-0.2, 0) is 11.2 Å². The Labute approximate surface area is 199 Å².